The van der Waals surface area contributed by atoms with Crippen LogP contribution in [0.1, 0.15) is 46.1 Å². The van der Waals surface area contributed by atoms with Gasteiger partial charge in [0.1, 0.15) is 5.75 Å². The van der Waals surface area contributed by atoms with Gasteiger partial charge in [0.15, 0.2) is 0 Å². The summed E-state index contributed by atoms with van der Waals surface area (Å²) in [6, 6.07) is 8.79. The van der Waals surface area contributed by atoms with Crippen molar-refractivity contribution < 1.29 is 9.53 Å². The Balaban J connectivity index is 1.68. The van der Waals surface area contributed by atoms with Crippen molar-refractivity contribution in [1.29, 1.82) is 0 Å². The van der Waals surface area contributed by atoms with Gasteiger partial charge in [-0.1, -0.05) is 26.0 Å². The van der Waals surface area contributed by atoms with Crippen LogP contribution in [0.5, 0.6) is 5.75 Å². The van der Waals surface area contributed by atoms with Crippen LogP contribution in [-0.4, -0.2) is 72.0 Å². The summed E-state index contributed by atoms with van der Waals surface area (Å²) in [6.45, 7) is 14.7. The Morgan fingerprint density at radius 3 is 2.43 bits per heavy atom. The summed E-state index contributed by atoms with van der Waals surface area (Å²) in [6.07, 6.45) is 1.88. The van der Waals surface area contributed by atoms with Crippen molar-refractivity contribution in [2.24, 2.45) is 5.92 Å². The van der Waals surface area contributed by atoms with Crippen molar-refractivity contribution in [2.75, 3.05) is 39.8 Å². The van der Waals surface area contributed by atoms with E-state index in [1.165, 1.54) is 5.56 Å². The average Bonchev–Trinajstić information content (AvgIpc) is 2.68. The molecule has 1 aromatic carbocycles. The van der Waals surface area contributed by atoms with E-state index in [0.29, 0.717) is 11.9 Å². The van der Waals surface area contributed by atoms with E-state index in [1.807, 2.05) is 12.1 Å². The predicted octanol–water partition coefficient (Wildman–Crippen LogP) is 3.24. The third-order valence-electron chi connectivity index (χ3n) is 6.55. The van der Waals surface area contributed by atoms with Gasteiger partial charge in [-0.25, -0.2) is 0 Å². The van der Waals surface area contributed by atoms with Gasteiger partial charge in [0.25, 0.3) is 0 Å². The third kappa shape index (κ3) is 4.52. The summed E-state index contributed by atoms with van der Waals surface area (Å²) in [7, 11) is 1.70. The zero-order chi connectivity index (χ0) is 20.3. The summed E-state index contributed by atoms with van der Waals surface area (Å²) < 4.78 is 5.28. The summed E-state index contributed by atoms with van der Waals surface area (Å²) >= 11 is 0. The molecule has 1 unspecified atom stereocenters. The fourth-order valence-corrected chi connectivity index (χ4v) is 5.01. The second kappa shape index (κ2) is 8.83. The number of fused-ring (bicyclic) bond motifs is 1. The average molecular weight is 388 g/mol. The molecule has 2 fully saturated rings. The van der Waals surface area contributed by atoms with Crippen LogP contribution in [-0.2, 0) is 11.3 Å². The minimum absolute atomic E-state index is 0.124. The molecule has 2 heterocycles. The number of nitrogens with zero attached hydrogens (tertiary/aromatic N) is 3. The van der Waals surface area contributed by atoms with Crippen LogP contribution in [0.3, 0.4) is 0 Å². The lowest BCUT2D eigenvalue weighted by Gasteiger charge is -2.55. The van der Waals surface area contributed by atoms with Crippen LogP contribution in [0.4, 0.5) is 0 Å². The molecule has 1 atom stereocenters. The molecule has 28 heavy (non-hydrogen) atoms. The lowest BCUT2D eigenvalue weighted by molar-refractivity contribution is -0.143. The molecule has 5 nitrogen and oxygen atoms in total. The maximum absolute atomic E-state index is 12.9. The topological polar surface area (TPSA) is 36.0 Å². The Hall–Kier alpha value is -1.59. The minimum Gasteiger partial charge on any atom is -0.497 e. The van der Waals surface area contributed by atoms with Crippen LogP contribution in [0.25, 0.3) is 0 Å². The van der Waals surface area contributed by atoms with Gasteiger partial charge < -0.3 is 9.64 Å². The molecule has 1 aromatic rings. The fourth-order valence-electron chi connectivity index (χ4n) is 5.01. The molecule has 0 aliphatic carbocycles. The molecule has 0 saturated carbocycles. The van der Waals surface area contributed by atoms with E-state index in [2.05, 4.69) is 54.5 Å². The Kier molecular flexibility index (Phi) is 6.66. The first kappa shape index (κ1) is 21.1. The molecule has 1 amide bonds. The highest BCUT2D eigenvalue weighted by atomic mass is 16.5. The Morgan fingerprint density at radius 2 is 1.82 bits per heavy atom. The number of hydrogen-bond acceptors (Lipinski definition) is 4. The van der Waals surface area contributed by atoms with Crippen molar-refractivity contribution in [3.8, 4) is 5.75 Å². The van der Waals surface area contributed by atoms with E-state index in [4.69, 9.17) is 4.74 Å². The molecule has 2 aliphatic rings. The van der Waals surface area contributed by atoms with Crippen LogP contribution in [0.15, 0.2) is 24.3 Å². The molecule has 0 spiro atoms. The standard InChI is InChI=1S/C23H37N3O2/c1-6-19(7-2)22(27)25-12-13-26-20(16-25)15-24(17-23(26,3)4)14-18-8-10-21(28-5)11-9-18/h8-11,19-20H,6-7,12-17H2,1-5H3. The van der Waals surface area contributed by atoms with Gasteiger partial charge in [0.2, 0.25) is 5.91 Å². The van der Waals surface area contributed by atoms with Gasteiger partial charge in [0, 0.05) is 56.8 Å². The van der Waals surface area contributed by atoms with E-state index in [-0.39, 0.29) is 11.5 Å². The maximum Gasteiger partial charge on any atom is 0.225 e. The molecular formula is C23H37N3O2. The molecule has 156 valence electrons. The summed E-state index contributed by atoms with van der Waals surface area (Å²) in [4.78, 5) is 20.2. The Morgan fingerprint density at radius 1 is 1.14 bits per heavy atom. The predicted molar refractivity (Wildman–Crippen MR) is 113 cm³/mol. The van der Waals surface area contributed by atoms with Gasteiger partial charge in [0.05, 0.1) is 7.11 Å². The first-order valence-corrected chi connectivity index (χ1v) is 10.8. The largest absolute Gasteiger partial charge is 0.497 e. The highest BCUT2D eigenvalue weighted by Crippen LogP contribution is 2.30. The quantitative estimate of drug-likeness (QED) is 0.751. The van der Waals surface area contributed by atoms with Crippen LogP contribution in [0.2, 0.25) is 0 Å². The third-order valence-corrected chi connectivity index (χ3v) is 6.55. The maximum atomic E-state index is 12.9. The van der Waals surface area contributed by atoms with Crippen LogP contribution in [0, 0.1) is 5.92 Å². The van der Waals surface area contributed by atoms with Gasteiger partial charge in [-0.05, 0) is 44.4 Å². The molecule has 3 rings (SSSR count). The lowest BCUT2D eigenvalue weighted by Crippen LogP contribution is -2.70. The van der Waals surface area contributed by atoms with E-state index >= 15 is 0 Å². The monoisotopic (exact) mass is 387 g/mol. The summed E-state index contributed by atoms with van der Waals surface area (Å²) in [5.74, 6) is 1.44. The molecule has 2 aliphatic heterocycles. The Labute approximate surface area is 170 Å². The number of benzene rings is 1. The highest BCUT2D eigenvalue weighted by Gasteiger charge is 2.43. The normalized spacial score (nSPS) is 22.9. The Bertz CT molecular complexity index is 654. The number of methoxy groups -OCH3 is 1. The lowest BCUT2D eigenvalue weighted by atomic mass is 9.91. The van der Waals surface area contributed by atoms with Gasteiger partial charge in [-0.3, -0.25) is 14.6 Å². The van der Waals surface area contributed by atoms with Crippen molar-refractivity contribution >= 4 is 5.91 Å². The number of amides is 1. The van der Waals surface area contributed by atoms with E-state index < -0.39 is 0 Å². The van der Waals surface area contributed by atoms with Crippen LogP contribution < -0.4 is 4.74 Å². The number of carbonyl (C=O) groups is 1. The van der Waals surface area contributed by atoms with Crippen molar-refractivity contribution in [2.45, 2.75) is 58.7 Å². The number of hydrogen-bond donors (Lipinski definition) is 0. The second-order valence-corrected chi connectivity index (χ2v) is 8.98. The van der Waals surface area contributed by atoms with Gasteiger partial charge >= 0.3 is 0 Å². The van der Waals surface area contributed by atoms with E-state index in [1.54, 1.807) is 7.11 Å². The van der Waals surface area contributed by atoms with Crippen molar-refractivity contribution in [1.82, 2.24) is 14.7 Å². The van der Waals surface area contributed by atoms with Gasteiger partial charge in [-0.15, -0.1) is 0 Å². The molecule has 0 aromatic heterocycles. The molecule has 2 saturated heterocycles. The van der Waals surface area contributed by atoms with Crippen LogP contribution >= 0.6 is 0 Å². The van der Waals surface area contributed by atoms with Gasteiger partial charge in [-0.2, -0.15) is 0 Å². The van der Waals surface area contributed by atoms with E-state index in [0.717, 1.165) is 57.9 Å². The number of piperazine rings is 2. The number of carbonyl (C=O) groups excluding carboxylic acids is 1. The fraction of sp³-hybridized carbons (Fsp3) is 0.696. The first-order chi connectivity index (χ1) is 13.4. The second-order valence-electron chi connectivity index (χ2n) is 8.98. The highest BCUT2D eigenvalue weighted by molar-refractivity contribution is 5.79. The molecular weight excluding hydrogens is 350 g/mol. The molecule has 0 N–H and O–H groups in total. The first-order valence-electron chi connectivity index (χ1n) is 10.8. The summed E-state index contributed by atoms with van der Waals surface area (Å²) in [5, 5.41) is 0. The smallest absolute Gasteiger partial charge is 0.225 e. The SMILES string of the molecule is CCC(CC)C(=O)N1CCN2C(CN(Cc3ccc(OC)cc3)CC2(C)C)C1. The molecule has 0 bridgehead atoms. The zero-order valence-corrected chi connectivity index (χ0v) is 18.3. The molecule has 0 radical (unpaired) electrons. The zero-order valence-electron chi connectivity index (χ0n) is 18.3. The van der Waals surface area contributed by atoms with Crippen molar-refractivity contribution in [3.63, 3.8) is 0 Å². The summed E-state index contributed by atoms with van der Waals surface area (Å²) in [5.41, 5.74) is 1.44. The number of rotatable bonds is 6. The van der Waals surface area contributed by atoms with E-state index in [9.17, 15) is 4.79 Å². The molecule has 5 heteroatoms. The number of ether oxygens (including phenoxy) is 1. The van der Waals surface area contributed by atoms with Crippen molar-refractivity contribution in [3.05, 3.63) is 29.8 Å². The minimum atomic E-state index is 0.124.